The van der Waals surface area contributed by atoms with E-state index >= 15 is 0 Å². The first kappa shape index (κ1) is 22.6. The topological polar surface area (TPSA) is 65.1 Å². The first-order chi connectivity index (χ1) is 14.8. The van der Waals surface area contributed by atoms with Crippen LogP contribution in [0.1, 0.15) is 37.5 Å². The zero-order chi connectivity index (χ0) is 22.6. The van der Waals surface area contributed by atoms with Crippen molar-refractivity contribution < 1.29 is 23.9 Å². The molecule has 0 unspecified atom stereocenters. The second-order valence-corrected chi connectivity index (χ2v) is 8.01. The van der Waals surface area contributed by atoms with Gasteiger partial charge in [0.15, 0.2) is 5.41 Å². The zero-order valence-corrected chi connectivity index (χ0v) is 18.6. The Labute approximate surface area is 183 Å². The lowest BCUT2D eigenvalue weighted by Crippen LogP contribution is -2.61. The molecule has 2 aromatic rings. The average Bonchev–Trinajstić information content (AvgIpc) is 2.79. The summed E-state index contributed by atoms with van der Waals surface area (Å²) in [6.45, 7) is 5.82. The summed E-state index contributed by atoms with van der Waals surface area (Å²) in [5.41, 5.74) is 2.00. The smallest absolute Gasteiger partial charge is 0.325 e. The molecule has 1 heterocycles. The molecule has 2 atom stereocenters. The number of benzene rings is 2. The molecule has 1 aliphatic rings. The lowest BCUT2D eigenvalue weighted by Gasteiger charge is -2.48. The number of nitrogens with zero attached hydrogens (tertiary/aromatic N) is 1. The Morgan fingerprint density at radius 2 is 1.58 bits per heavy atom. The van der Waals surface area contributed by atoms with Crippen LogP contribution in [0.3, 0.4) is 0 Å². The van der Waals surface area contributed by atoms with Gasteiger partial charge in [0.25, 0.3) is 0 Å². The summed E-state index contributed by atoms with van der Waals surface area (Å²) in [6, 6.07) is 16.5. The molecular weight excluding hydrogens is 394 g/mol. The van der Waals surface area contributed by atoms with E-state index in [0.717, 1.165) is 22.4 Å². The molecule has 1 fully saturated rings. The van der Waals surface area contributed by atoms with Gasteiger partial charge in [-0.25, -0.2) is 5.06 Å². The Balaban J connectivity index is 2.25. The van der Waals surface area contributed by atoms with Crippen molar-refractivity contribution in [1.29, 1.82) is 0 Å². The van der Waals surface area contributed by atoms with E-state index < -0.39 is 29.5 Å². The normalized spacial score (nSPS) is 20.0. The van der Waals surface area contributed by atoms with Crippen molar-refractivity contribution in [3.05, 3.63) is 77.4 Å². The summed E-state index contributed by atoms with van der Waals surface area (Å²) in [7, 11) is 2.58. The summed E-state index contributed by atoms with van der Waals surface area (Å²) < 4.78 is 10.3. The number of ether oxygens (including phenoxy) is 2. The van der Waals surface area contributed by atoms with Crippen molar-refractivity contribution in [2.45, 2.75) is 39.3 Å². The SMILES string of the molecule is COC(=O)C1(C(=O)OC)C[C@H](c2ccccc2)ON(c2ccc(C)cc2)[C@@H]1C=C(C)C. The van der Waals surface area contributed by atoms with Gasteiger partial charge in [0.05, 0.1) is 19.9 Å². The highest BCUT2D eigenvalue weighted by Gasteiger charge is 2.61. The van der Waals surface area contributed by atoms with E-state index in [4.69, 9.17) is 14.3 Å². The highest BCUT2D eigenvalue weighted by atomic mass is 16.7. The van der Waals surface area contributed by atoms with Gasteiger partial charge in [-0.05, 0) is 38.5 Å². The number of rotatable bonds is 5. The van der Waals surface area contributed by atoms with Crippen LogP contribution in [-0.4, -0.2) is 32.2 Å². The Hall–Kier alpha value is -3.12. The van der Waals surface area contributed by atoms with Crippen LogP contribution >= 0.6 is 0 Å². The first-order valence-electron chi connectivity index (χ1n) is 10.2. The second-order valence-electron chi connectivity index (χ2n) is 8.01. The lowest BCUT2D eigenvalue weighted by molar-refractivity contribution is -0.183. The number of carbonyl (C=O) groups is 2. The van der Waals surface area contributed by atoms with Crippen molar-refractivity contribution in [3.63, 3.8) is 0 Å². The van der Waals surface area contributed by atoms with E-state index in [-0.39, 0.29) is 6.42 Å². The standard InChI is InChI=1S/C25H29NO5/c1-17(2)15-22-25(23(27)29-4,24(28)30-5)16-21(19-9-7-6-8-10-19)31-26(22)20-13-11-18(3)12-14-20/h6-15,21-22H,16H2,1-5H3/t21-,22-/m1/s1. The van der Waals surface area contributed by atoms with Gasteiger partial charge in [0.1, 0.15) is 12.1 Å². The molecule has 0 aliphatic carbocycles. The van der Waals surface area contributed by atoms with Crippen LogP contribution in [0.15, 0.2) is 66.2 Å². The molecular formula is C25H29NO5. The molecule has 6 heteroatoms. The van der Waals surface area contributed by atoms with E-state index in [0.29, 0.717) is 0 Å². The number of allylic oxidation sites excluding steroid dienone is 1. The van der Waals surface area contributed by atoms with Crippen molar-refractivity contribution in [1.82, 2.24) is 0 Å². The highest BCUT2D eigenvalue weighted by Crippen LogP contribution is 2.47. The molecule has 164 valence electrons. The number of hydrogen-bond acceptors (Lipinski definition) is 6. The molecule has 6 nitrogen and oxygen atoms in total. The molecule has 1 aliphatic heterocycles. The van der Waals surface area contributed by atoms with Crippen LogP contribution in [0.5, 0.6) is 0 Å². The summed E-state index contributed by atoms with van der Waals surface area (Å²) in [5, 5.41) is 1.64. The third kappa shape index (κ3) is 4.35. The van der Waals surface area contributed by atoms with Crippen molar-refractivity contribution >= 4 is 17.6 Å². The maximum atomic E-state index is 13.3. The summed E-state index contributed by atoms with van der Waals surface area (Å²) in [5.74, 6) is -1.30. The van der Waals surface area contributed by atoms with Crippen LogP contribution in [0.2, 0.25) is 0 Å². The fourth-order valence-electron chi connectivity index (χ4n) is 3.99. The number of aryl methyl sites for hydroxylation is 1. The van der Waals surface area contributed by atoms with Crippen LogP contribution in [0, 0.1) is 12.3 Å². The minimum absolute atomic E-state index is 0.0904. The van der Waals surface area contributed by atoms with E-state index in [1.807, 2.05) is 81.4 Å². The number of hydroxylamine groups is 1. The van der Waals surface area contributed by atoms with E-state index in [1.165, 1.54) is 14.2 Å². The predicted molar refractivity (Wildman–Crippen MR) is 118 cm³/mol. The van der Waals surface area contributed by atoms with E-state index in [9.17, 15) is 9.59 Å². The van der Waals surface area contributed by atoms with Crippen molar-refractivity contribution in [3.8, 4) is 0 Å². The first-order valence-corrected chi connectivity index (χ1v) is 10.2. The molecule has 31 heavy (non-hydrogen) atoms. The highest BCUT2D eigenvalue weighted by molar-refractivity contribution is 6.02. The van der Waals surface area contributed by atoms with Crippen LogP contribution in [0.25, 0.3) is 0 Å². The summed E-state index contributed by atoms with van der Waals surface area (Å²) in [4.78, 5) is 32.9. The van der Waals surface area contributed by atoms with Gasteiger partial charge >= 0.3 is 11.9 Å². The number of hydrogen-bond donors (Lipinski definition) is 0. The quantitative estimate of drug-likeness (QED) is 0.400. The molecule has 0 spiro atoms. The van der Waals surface area contributed by atoms with Gasteiger partial charge in [0, 0.05) is 6.42 Å². The van der Waals surface area contributed by atoms with E-state index in [2.05, 4.69) is 0 Å². The molecule has 0 saturated carbocycles. The maximum Gasteiger partial charge on any atom is 0.325 e. The van der Waals surface area contributed by atoms with Crippen molar-refractivity contribution in [2.24, 2.45) is 5.41 Å². The Morgan fingerprint density at radius 3 is 2.10 bits per heavy atom. The predicted octanol–water partition coefficient (Wildman–Crippen LogP) is 4.55. The number of carbonyl (C=O) groups excluding carboxylic acids is 2. The van der Waals surface area contributed by atoms with E-state index in [1.54, 1.807) is 5.06 Å². The third-order valence-electron chi connectivity index (χ3n) is 5.56. The summed E-state index contributed by atoms with van der Waals surface area (Å²) in [6.07, 6.45) is 1.39. The van der Waals surface area contributed by atoms with Gasteiger partial charge in [-0.3, -0.25) is 14.4 Å². The third-order valence-corrected chi connectivity index (χ3v) is 5.56. The maximum absolute atomic E-state index is 13.3. The largest absolute Gasteiger partial charge is 0.468 e. The van der Waals surface area contributed by atoms with Gasteiger partial charge in [-0.2, -0.15) is 0 Å². The van der Waals surface area contributed by atoms with Crippen LogP contribution in [-0.2, 0) is 23.9 Å². The van der Waals surface area contributed by atoms with Gasteiger partial charge in [0.2, 0.25) is 0 Å². The second kappa shape index (κ2) is 9.35. The molecule has 1 saturated heterocycles. The Morgan fingerprint density at radius 1 is 1.00 bits per heavy atom. The number of esters is 2. The molecule has 0 bridgehead atoms. The minimum atomic E-state index is -1.61. The fraction of sp³-hybridized carbons (Fsp3) is 0.360. The molecule has 0 aromatic heterocycles. The van der Waals surface area contributed by atoms with Crippen LogP contribution in [0.4, 0.5) is 5.69 Å². The number of anilines is 1. The van der Waals surface area contributed by atoms with Crippen LogP contribution < -0.4 is 5.06 Å². The fourth-order valence-corrected chi connectivity index (χ4v) is 3.99. The lowest BCUT2D eigenvalue weighted by atomic mass is 9.72. The van der Waals surface area contributed by atoms with Gasteiger partial charge in [-0.1, -0.05) is 59.7 Å². The summed E-state index contributed by atoms with van der Waals surface area (Å²) >= 11 is 0. The molecule has 2 aromatic carbocycles. The Kier molecular flexibility index (Phi) is 6.81. The number of methoxy groups -OCH3 is 2. The van der Waals surface area contributed by atoms with Gasteiger partial charge in [-0.15, -0.1) is 0 Å². The van der Waals surface area contributed by atoms with Crippen molar-refractivity contribution in [2.75, 3.05) is 19.3 Å². The molecule has 0 amide bonds. The molecule has 3 rings (SSSR count). The zero-order valence-electron chi connectivity index (χ0n) is 18.6. The average molecular weight is 424 g/mol. The minimum Gasteiger partial charge on any atom is -0.468 e. The Bertz CT molecular complexity index is 932. The molecule has 0 N–H and O–H groups in total. The van der Waals surface area contributed by atoms with Gasteiger partial charge < -0.3 is 9.47 Å². The molecule has 0 radical (unpaired) electrons. The monoisotopic (exact) mass is 423 g/mol.